The van der Waals surface area contributed by atoms with E-state index in [1.54, 1.807) is 0 Å². The van der Waals surface area contributed by atoms with Crippen LogP contribution < -0.4 is 4.74 Å². The molecule has 0 aliphatic rings. The van der Waals surface area contributed by atoms with Gasteiger partial charge in [-0.3, -0.25) is 0 Å². The number of hydrogen-bond acceptors (Lipinski definition) is 3. The highest BCUT2D eigenvalue weighted by atomic mass is 127. The summed E-state index contributed by atoms with van der Waals surface area (Å²) < 4.78 is 51.8. The van der Waals surface area contributed by atoms with Crippen molar-refractivity contribution >= 4 is 22.6 Å². The Morgan fingerprint density at radius 3 is 2.50 bits per heavy atom. The van der Waals surface area contributed by atoms with Crippen LogP contribution >= 0.6 is 22.6 Å². The zero-order valence-electron chi connectivity index (χ0n) is 7.68. The Balaban J connectivity index is 3.14. The standard InChI is InChI=1S/C8H6F4INO2/c9-1-4-2-14-7(16-8(10,11)12)6(13)5(4)3-15/h2,15H,1,3H2. The highest BCUT2D eigenvalue weighted by molar-refractivity contribution is 14.1. The number of nitrogens with zero attached hydrogens (tertiary/aromatic N) is 1. The number of halogens is 5. The molecule has 0 aliphatic carbocycles. The number of alkyl halides is 4. The quantitative estimate of drug-likeness (QED) is 0.673. The van der Waals surface area contributed by atoms with E-state index in [1.807, 2.05) is 0 Å². The lowest BCUT2D eigenvalue weighted by atomic mass is 10.1. The highest BCUT2D eigenvalue weighted by Crippen LogP contribution is 2.29. The van der Waals surface area contributed by atoms with Gasteiger partial charge in [-0.1, -0.05) is 0 Å². The minimum atomic E-state index is -4.86. The Morgan fingerprint density at radius 2 is 2.06 bits per heavy atom. The van der Waals surface area contributed by atoms with Crippen molar-refractivity contribution < 1.29 is 27.4 Å². The molecule has 0 aliphatic heterocycles. The first-order valence-corrected chi connectivity index (χ1v) is 5.05. The van der Waals surface area contributed by atoms with Gasteiger partial charge in [-0.25, -0.2) is 9.37 Å². The number of aromatic nitrogens is 1. The first-order chi connectivity index (χ1) is 7.39. The molecule has 16 heavy (non-hydrogen) atoms. The average Bonchev–Trinajstić information content (AvgIpc) is 2.19. The summed E-state index contributed by atoms with van der Waals surface area (Å²) in [6.45, 7) is -1.49. The van der Waals surface area contributed by atoms with E-state index >= 15 is 0 Å². The van der Waals surface area contributed by atoms with Crippen LogP contribution in [0.2, 0.25) is 0 Å². The molecule has 1 N–H and O–H groups in total. The molecule has 0 atom stereocenters. The molecule has 0 radical (unpaired) electrons. The largest absolute Gasteiger partial charge is 0.574 e. The van der Waals surface area contributed by atoms with E-state index in [-0.39, 0.29) is 14.7 Å². The van der Waals surface area contributed by atoms with Crippen molar-refractivity contribution in [1.29, 1.82) is 0 Å². The molecule has 0 amide bonds. The zero-order valence-corrected chi connectivity index (χ0v) is 9.84. The van der Waals surface area contributed by atoms with Crippen molar-refractivity contribution in [2.45, 2.75) is 19.6 Å². The number of aliphatic hydroxyl groups is 1. The van der Waals surface area contributed by atoms with Gasteiger partial charge in [0.1, 0.15) is 6.67 Å². The Labute approximate surface area is 102 Å². The van der Waals surface area contributed by atoms with Gasteiger partial charge in [0.05, 0.1) is 10.2 Å². The third-order valence-electron chi connectivity index (χ3n) is 1.69. The van der Waals surface area contributed by atoms with Gasteiger partial charge in [-0.15, -0.1) is 13.2 Å². The van der Waals surface area contributed by atoms with Crippen molar-refractivity contribution in [3.05, 3.63) is 20.9 Å². The molecular formula is C8H6F4INO2. The van der Waals surface area contributed by atoms with Crippen molar-refractivity contribution in [3.63, 3.8) is 0 Å². The van der Waals surface area contributed by atoms with Crippen LogP contribution in [0.15, 0.2) is 6.20 Å². The molecule has 0 saturated carbocycles. The summed E-state index contributed by atoms with van der Waals surface area (Å²) in [4.78, 5) is 3.34. The molecule has 3 nitrogen and oxygen atoms in total. The predicted octanol–water partition coefficient (Wildman–Crippen LogP) is 2.55. The van der Waals surface area contributed by atoms with Gasteiger partial charge in [0.25, 0.3) is 0 Å². The Hall–Kier alpha value is -0.640. The number of rotatable bonds is 3. The Kier molecular flexibility index (Phi) is 4.30. The smallest absolute Gasteiger partial charge is 0.392 e. The zero-order chi connectivity index (χ0) is 12.3. The van der Waals surface area contributed by atoms with Crippen LogP contribution in [0.1, 0.15) is 11.1 Å². The van der Waals surface area contributed by atoms with Crippen LogP contribution in [0.25, 0.3) is 0 Å². The monoisotopic (exact) mass is 351 g/mol. The third-order valence-corrected chi connectivity index (χ3v) is 2.80. The molecule has 1 aromatic heterocycles. The molecule has 8 heteroatoms. The molecule has 0 unspecified atom stereocenters. The summed E-state index contributed by atoms with van der Waals surface area (Å²) in [7, 11) is 0. The lowest BCUT2D eigenvalue weighted by Gasteiger charge is -2.13. The number of ether oxygens (including phenoxy) is 1. The van der Waals surface area contributed by atoms with Crippen LogP contribution in [0.3, 0.4) is 0 Å². The summed E-state index contributed by atoms with van der Waals surface area (Å²) in [5.41, 5.74) is 0.0961. The number of hydrogen-bond donors (Lipinski definition) is 1. The van der Waals surface area contributed by atoms with Crippen molar-refractivity contribution in [1.82, 2.24) is 4.98 Å². The predicted molar refractivity (Wildman–Crippen MR) is 54.4 cm³/mol. The minimum absolute atomic E-state index is 0.0430. The average molecular weight is 351 g/mol. The van der Waals surface area contributed by atoms with E-state index in [0.29, 0.717) is 0 Å². The lowest BCUT2D eigenvalue weighted by Crippen LogP contribution is -2.19. The van der Waals surface area contributed by atoms with Crippen LogP contribution in [-0.4, -0.2) is 16.5 Å². The van der Waals surface area contributed by atoms with Gasteiger partial charge in [0.15, 0.2) is 0 Å². The minimum Gasteiger partial charge on any atom is -0.392 e. The fraction of sp³-hybridized carbons (Fsp3) is 0.375. The SMILES string of the molecule is OCc1c(CF)cnc(OC(F)(F)F)c1I. The van der Waals surface area contributed by atoms with Crippen LogP contribution in [0.4, 0.5) is 17.6 Å². The van der Waals surface area contributed by atoms with Gasteiger partial charge in [-0.05, 0) is 22.6 Å². The van der Waals surface area contributed by atoms with E-state index in [0.717, 1.165) is 6.20 Å². The first kappa shape index (κ1) is 13.4. The fourth-order valence-corrected chi connectivity index (χ4v) is 1.77. The second kappa shape index (κ2) is 5.13. The fourth-order valence-electron chi connectivity index (χ4n) is 1.01. The first-order valence-electron chi connectivity index (χ1n) is 3.98. The number of pyridine rings is 1. The van der Waals surface area contributed by atoms with E-state index in [9.17, 15) is 17.6 Å². The van der Waals surface area contributed by atoms with Gasteiger partial charge in [0.2, 0.25) is 5.88 Å². The molecule has 90 valence electrons. The van der Waals surface area contributed by atoms with Crippen LogP contribution in [-0.2, 0) is 13.3 Å². The van der Waals surface area contributed by atoms with Gasteiger partial charge < -0.3 is 9.84 Å². The topological polar surface area (TPSA) is 42.4 Å². The van der Waals surface area contributed by atoms with E-state index in [1.165, 1.54) is 22.6 Å². The lowest BCUT2D eigenvalue weighted by molar-refractivity contribution is -0.276. The summed E-state index contributed by atoms with van der Waals surface area (Å²) in [6.07, 6.45) is -3.95. The van der Waals surface area contributed by atoms with Crippen molar-refractivity contribution in [2.75, 3.05) is 0 Å². The molecule has 1 heterocycles. The second-order valence-electron chi connectivity index (χ2n) is 2.72. The molecular weight excluding hydrogens is 345 g/mol. The Bertz CT molecular complexity index is 383. The maximum atomic E-state index is 12.4. The maximum absolute atomic E-state index is 12.4. The summed E-state index contributed by atoms with van der Waals surface area (Å²) >= 11 is 1.52. The van der Waals surface area contributed by atoms with E-state index < -0.39 is 25.5 Å². The summed E-state index contributed by atoms with van der Waals surface area (Å²) in [5.74, 6) is -0.686. The molecule has 0 spiro atoms. The third kappa shape index (κ3) is 3.17. The van der Waals surface area contributed by atoms with Crippen molar-refractivity contribution in [2.24, 2.45) is 0 Å². The number of aliphatic hydroxyl groups excluding tert-OH is 1. The van der Waals surface area contributed by atoms with Crippen LogP contribution in [0.5, 0.6) is 5.88 Å². The molecule has 1 aromatic rings. The second-order valence-corrected chi connectivity index (χ2v) is 3.80. The Morgan fingerprint density at radius 1 is 1.44 bits per heavy atom. The normalized spacial score (nSPS) is 11.6. The van der Waals surface area contributed by atoms with E-state index in [2.05, 4.69) is 9.72 Å². The summed E-state index contributed by atoms with van der Waals surface area (Å²) in [5, 5.41) is 8.92. The van der Waals surface area contributed by atoms with Crippen molar-refractivity contribution in [3.8, 4) is 5.88 Å². The van der Waals surface area contributed by atoms with Gasteiger partial charge >= 0.3 is 6.36 Å². The molecule has 0 saturated heterocycles. The van der Waals surface area contributed by atoms with E-state index in [4.69, 9.17) is 5.11 Å². The van der Waals surface area contributed by atoms with Gasteiger partial charge in [0, 0.05) is 17.3 Å². The summed E-state index contributed by atoms with van der Waals surface area (Å²) in [6, 6.07) is 0. The molecule has 0 fully saturated rings. The maximum Gasteiger partial charge on any atom is 0.574 e. The molecule has 0 aromatic carbocycles. The highest BCUT2D eigenvalue weighted by Gasteiger charge is 2.33. The van der Waals surface area contributed by atoms with Crippen LogP contribution in [0, 0.1) is 3.57 Å². The molecule has 1 rings (SSSR count). The van der Waals surface area contributed by atoms with Gasteiger partial charge in [-0.2, -0.15) is 0 Å². The molecule has 0 bridgehead atoms.